The monoisotopic (exact) mass is 425 g/mol. The largest absolute Gasteiger partial charge is 0.356 e. The Balaban J connectivity index is 1.32. The van der Waals surface area contributed by atoms with Gasteiger partial charge in [0.25, 0.3) is 5.91 Å². The molecule has 1 unspecified atom stereocenters. The lowest BCUT2D eigenvalue weighted by Crippen LogP contribution is -2.34. The quantitative estimate of drug-likeness (QED) is 0.382. The van der Waals surface area contributed by atoms with Crippen molar-refractivity contribution in [2.24, 2.45) is 0 Å². The van der Waals surface area contributed by atoms with E-state index in [1.54, 1.807) is 12.1 Å². The highest BCUT2D eigenvalue weighted by Crippen LogP contribution is 2.18. The van der Waals surface area contributed by atoms with Gasteiger partial charge >= 0.3 is 0 Å². The highest BCUT2D eigenvalue weighted by Gasteiger charge is 2.19. The summed E-state index contributed by atoms with van der Waals surface area (Å²) in [4.78, 5) is 25.3. The lowest BCUT2D eigenvalue weighted by molar-refractivity contribution is -0.121. The summed E-state index contributed by atoms with van der Waals surface area (Å²) < 4.78 is 2.20. The lowest BCUT2D eigenvalue weighted by Gasteiger charge is -2.19. The Labute approximate surface area is 188 Å². The second kappa shape index (κ2) is 10.4. The Kier molecular flexibility index (Phi) is 6.98. The molecule has 0 spiro atoms. The highest BCUT2D eigenvalue weighted by atomic mass is 16.2. The fourth-order valence-electron chi connectivity index (χ4n) is 3.84. The average molecular weight is 426 g/mol. The van der Waals surface area contributed by atoms with E-state index in [1.807, 2.05) is 60.7 Å². The maximum Gasteiger partial charge on any atom is 0.251 e. The van der Waals surface area contributed by atoms with Crippen LogP contribution < -0.4 is 10.6 Å². The summed E-state index contributed by atoms with van der Waals surface area (Å²) in [6.45, 7) is 1.42. The van der Waals surface area contributed by atoms with E-state index in [2.05, 4.69) is 39.6 Å². The molecule has 162 valence electrons. The van der Waals surface area contributed by atoms with Crippen LogP contribution in [0.2, 0.25) is 0 Å². The number of nitrogens with one attached hydrogen (secondary N) is 2. The van der Waals surface area contributed by atoms with Crippen LogP contribution in [-0.2, 0) is 11.3 Å². The zero-order chi connectivity index (χ0) is 22.2. The van der Waals surface area contributed by atoms with E-state index in [0.717, 1.165) is 18.5 Å². The molecule has 0 aliphatic heterocycles. The van der Waals surface area contributed by atoms with Gasteiger partial charge in [0.2, 0.25) is 5.91 Å². The second-order valence-corrected chi connectivity index (χ2v) is 7.78. The van der Waals surface area contributed by atoms with Gasteiger partial charge in [-0.05, 0) is 41.6 Å². The van der Waals surface area contributed by atoms with Crippen LogP contribution in [0.3, 0.4) is 0 Å². The standard InChI is InChI=1S/C27H27N3O2/c31-26(28-17-9-18-30-19-16-22-12-7-8-15-25(22)30)20-24(21-10-3-1-4-11-21)29-27(32)23-13-5-2-6-14-23/h1-8,10-16,19,24H,9,17-18,20H2,(H,28,31)(H,29,32). The third-order valence-electron chi connectivity index (χ3n) is 5.51. The van der Waals surface area contributed by atoms with Gasteiger partial charge in [0, 0.05) is 30.4 Å². The number of nitrogens with zero attached hydrogens (tertiary/aromatic N) is 1. The molecular weight excluding hydrogens is 398 g/mol. The second-order valence-electron chi connectivity index (χ2n) is 7.78. The van der Waals surface area contributed by atoms with Crippen molar-refractivity contribution in [2.45, 2.75) is 25.4 Å². The first-order valence-corrected chi connectivity index (χ1v) is 10.9. The molecule has 0 bridgehead atoms. The minimum Gasteiger partial charge on any atom is -0.356 e. The van der Waals surface area contributed by atoms with Gasteiger partial charge in [-0.2, -0.15) is 0 Å². The summed E-state index contributed by atoms with van der Waals surface area (Å²) in [6, 6.07) is 28.7. The van der Waals surface area contributed by atoms with Gasteiger partial charge in [-0.1, -0.05) is 66.7 Å². The number of aromatic nitrogens is 1. The first kappa shape index (κ1) is 21.4. The summed E-state index contributed by atoms with van der Waals surface area (Å²) in [5.41, 5.74) is 2.69. The predicted octanol–water partition coefficient (Wildman–Crippen LogP) is 4.71. The summed E-state index contributed by atoms with van der Waals surface area (Å²) >= 11 is 0. The van der Waals surface area contributed by atoms with E-state index < -0.39 is 6.04 Å². The zero-order valence-corrected chi connectivity index (χ0v) is 17.9. The number of amides is 2. The van der Waals surface area contributed by atoms with Crippen molar-refractivity contribution in [1.29, 1.82) is 0 Å². The Morgan fingerprint density at radius 3 is 2.28 bits per heavy atom. The molecule has 0 radical (unpaired) electrons. The molecule has 0 aliphatic rings. The Bertz CT molecular complexity index is 1170. The first-order chi connectivity index (χ1) is 15.7. The van der Waals surface area contributed by atoms with Crippen LogP contribution in [0.5, 0.6) is 0 Å². The minimum absolute atomic E-state index is 0.0791. The number of benzene rings is 3. The third-order valence-corrected chi connectivity index (χ3v) is 5.51. The molecule has 2 N–H and O–H groups in total. The number of fused-ring (bicyclic) bond motifs is 1. The van der Waals surface area contributed by atoms with Crippen LogP contribution in [0.15, 0.2) is 97.2 Å². The van der Waals surface area contributed by atoms with E-state index in [4.69, 9.17) is 0 Å². The van der Waals surface area contributed by atoms with Gasteiger partial charge in [-0.3, -0.25) is 9.59 Å². The molecule has 0 aliphatic carbocycles. The smallest absolute Gasteiger partial charge is 0.251 e. The number of aryl methyl sites for hydroxylation is 1. The fourth-order valence-corrected chi connectivity index (χ4v) is 3.84. The predicted molar refractivity (Wildman–Crippen MR) is 127 cm³/mol. The molecule has 0 saturated heterocycles. The SMILES string of the molecule is O=C(CC(NC(=O)c1ccccc1)c1ccccc1)NCCCn1ccc2ccccc21. The Morgan fingerprint density at radius 2 is 1.50 bits per heavy atom. The van der Waals surface area contributed by atoms with Gasteiger partial charge in [-0.25, -0.2) is 0 Å². The van der Waals surface area contributed by atoms with E-state index >= 15 is 0 Å². The van der Waals surface area contributed by atoms with Gasteiger partial charge in [0.1, 0.15) is 0 Å². The van der Waals surface area contributed by atoms with E-state index in [1.165, 1.54) is 10.9 Å². The maximum absolute atomic E-state index is 12.7. The molecule has 5 nitrogen and oxygen atoms in total. The van der Waals surface area contributed by atoms with E-state index in [0.29, 0.717) is 12.1 Å². The van der Waals surface area contributed by atoms with Crippen LogP contribution >= 0.6 is 0 Å². The molecule has 1 heterocycles. The van der Waals surface area contributed by atoms with Crippen molar-refractivity contribution in [3.63, 3.8) is 0 Å². The van der Waals surface area contributed by atoms with Crippen molar-refractivity contribution >= 4 is 22.7 Å². The summed E-state index contributed by atoms with van der Waals surface area (Å²) in [7, 11) is 0. The average Bonchev–Trinajstić information content (AvgIpc) is 3.25. The van der Waals surface area contributed by atoms with Crippen LogP contribution in [0.4, 0.5) is 0 Å². The van der Waals surface area contributed by atoms with Crippen molar-refractivity contribution in [3.8, 4) is 0 Å². The zero-order valence-electron chi connectivity index (χ0n) is 17.9. The van der Waals surface area contributed by atoms with Crippen LogP contribution in [0.25, 0.3) is 10.9 Å². The molecule has 0 fully saturated rings. The van der Waals surface area contributed by atoms with Crippen molar-refractivity contribution in [1.82, 2.24) is 15.2 Å². The number of hydrogen-bond donors (Lipinski definition) is 2. The van der Waals surface area contributed by atoms with Gasteiger partial charge in [0.15, 0.2) is 0 Å². The summed E-state index contributed by atoms with van der Waals surface area (Å²) in [5, 5.41) is 7.23. The van der Waals surface area contributed by atoms with Gasteiger partial charge in [-0.15, -0.1) is 0 Å². The molecule has 3 aromatic carbocycles. The summed E-state index contributed by atoms with van der Waals surface area (Å²) in [5.74, 6) is -0.267. The summed E-state index contributed by atoms with van der Waals surface area (Å²) in [6.07, 6.45) is 3.10. The van der Waals surface area contributed by atoms with Crippen LogP contribution in [-0.4, -0.2) is 22.9 Å². The molecule has 32 heavy (non-hydrogen) atoms. The van der Waals surface area contributed by atoms with Gasteiger partial charge < -0.3 is 15.2 Å². The Morgan fingerprint density at radius 1 is 0.812 bits per heavy atom. The molecule has 4 aromatic rings. The Hall–Kier alpha value is -3.86. The van der Waals surface area contributed by atoms with Gasteiger partial charge in [0.05, 0.1) is 12.5 Å². The van der Waals surface area contributed by atoms with E-state index in [-0.39, 0.29) is 18.2 Å². The number of hydrogen-bond acceptors (Lipinski definition) is 2. The number of para-hydroxylation sites is 1. The highest BCUT2D eigenvalue weighted by molar-refractivity contribution is 5.94. The lowest BCUT2D eigenvalue weighted by atomic mass is 10.0. The number of rotatable bonds is 9. The molecule has 0 saturated carbocycles. The van der Waals surface area contributed by atoms with Crippen molar-refractivity contribution in [3.05, 3.63) is 108 Å². The minimum atomic E-state index is -0.391. The van der Waals surface area contributed by atoms with E-state index in [9.17, 15) is 9.59 Å². The molecule has 4 rings (SSSR count). The molecule has 2 amide bonds. The normalized spacial score (nSPS) is 11.8. The third kappa shape index (κ3) is 5.43. The topological polar surface area (TPSA) is 63.1 Å². The van der Waals surface area contributed by atoms with Crippen molar-refractivity contribution < 1.29 is 9.59 Å². The molecule has 5 heteroatoms. The van der Waals surface area contributed by atoms with Crippen LogP contribution in [0, 0.1) is 0 Å². The van der Waals surface area contributed by atoms with Crippen LogP contribution in [0.1, 0.15) is 34.8 Å². The van der Waals surface area contributed by atoms with Crippen molar-refractivity contribution in [2.75, 3.05) is 6.54 Å². The number of carbonyl (C=O) groups excluding carboxylic acids is 2. The molecule has 1 atom stereocenters. The molecule has 1 aromatic heterocycles. The maximum atomic E-state index is 12.7. The fraction of sp³-hybridized carbons (Fsp3) is 0.185. The number of carbonyl (C=O) groups is 2. The first-order valence-electron chi connectivity index (χ1n) is 10.9. The molecular formula is C27H27N3O2.